The van der Waals surface area contributed by atoms with Crippen LogP contribution in [0.5, 0.6) is 0 Å². The smallest absolute Gasteiger partial charge is 0.263 e. The third kappa shape index (κ3) is 2.19. The first-order chi connectivity index (χ1) is 11.1. The van der Waals surface area contributed by atoms with Crippen LogP contribution in [0.3, 0.4) is 0 Å². The van der Waals surface area contributed by atoms with E-state index < -0.39 is 0 Å². The lowest BCUT2D eigenvalue weighted by molar-refractivity contribution is 0.0656. The number of nitrogens with one attached hydrogen (secondary N) is 1. The monoisotopic (exact) mass is 326 g/mol. The van der Waals surface area contributed by atoms with E-state index in [0.29, 0.717) is 40.1 Å². The van der Waals surface area contributed by atoms with E-state index in [1.54, 1.807) is 12.1 Å². The third-order valence-corrected chi connectivity index (χ3v) is 4.20. The molecule has 23 heavy (non-hydrogen) atoms. The van der Waals surface area contributed by atoms with Crippen LogP contribution < -0.4 is 0 Å². The first-order valence-electron chi connectivity index (χ1n) is 7.08. The van der Waals surface area contributed by atoms with E-state index in [1.165, 1.54) is 17.3 Å². The van der Waals surface area contributed by atoms with Crippen LogP contribution in [0, 0.1) is 0 Å². The number of pyridine rings is 1. The summed E-state index contributed by atoms with van der Waals surface area (Å²) in [7, 11) is 0. The Labute approximate surface area is 136 Å². The molecule has 0 bridgehead atoms. The largest absolute Gasteiger partial charge is 0.274 e. The van der Waals surface area contributed by atoms with Crippen molar-refractivity contribution in [3.8, 4) is 0 Å². The number of hydrogen-bond acceptors (Lipinski definition) is 4. The standard InChI is InChI=1S/C16H11ClN4O2/c17-10-3-1-9(2-4-10)5-6-21-15(22)12-7-18-14-11(8-19-20-14)13(12)16(21)23/h1-4,7-8H,5-6H2,(H,18,19,20). The first kappa shape index (κ1) is 13.9. The highest BCUT2D eigenvalue weighted by Crippen LogP contribution is 2.28. The number of aromatic amines is 1. The zero-order chi connectivity index (χ0) is 16.0. The minimum Gasteiger partial charge on any atom is -0.274 e. The van der Waals surface area contributed by atoms with Gasteiger partial charge in [-0.25, -0.2) is 4.98 Å². The van der Waals surface area contributed by atoms with E-state index in [0.717, 1.165) is 5.56 Å². The molecule has 6 nitrogen and oxygen atoms in total. The summed E-state index contributed by atoms with van der Waals surface area (Å²) in [6, 6.07) is 7.35. The summed E-state index contributed by atoms with van der Waals surface area (Å²) in [4.78, 5) is 30.5. The molecule has 0 spiro atoms. The van der Waals surface area contributed by atoms with Gasteiger partial charge in [0.2, 0.25) is 0 Å². The van der Waals surface area contributed by atoms with Crippen LogP contribution in [-0.2, 0) is 6.42 Å². The van der Waals surface area contributed by atoms with Crippen LogP contribution >= 0.6 is 11.6 Å². The van der Waals surface area contributed by atoms with Crippen molar-refractivity contribution in [1.82, 2.24) is 20.1 Å². The number of fused-ring (bicyclic) bond motifs is 3. The molecule has 0 atom stereocenters. The van der Waals surface area contributed by atoms with E-state index in [1.807, 2.05) is 12.1 Å². The molecule has 1 N–H and O–H groups in total. The highest BCUT2D eigenvalue weighted by atomic mass is 35.5. The molecule has 1 aromatic carbocycles. The highest BCUT2D eigenvalue weighted by Gasteiger charge is 2.37. The van der Waals surface area contributed by atoms with Gasteiger partial charge in [0.15, 0.2) is 5.65 Å². The Morgan fingerprint density at radius 1 is 1.09 bits per heavy atom. The molecule has 2 aromatic heterocycles. The number of imide groups is 1. The fraction of sp³-hybridized carbons (Fsp3) is 0.125. The summed E-state index contributed by atoms with van der Waals surface area (Å²) in [6.45, 7) is 0.313. The van der Waals surface area contributed by atoms with Crippen molar-refractivity contribution < 1.29 is 9.59 Å². The molecule has 1 aliphatic heterocycles. The fourth-order valence-corrected chi connectivity index (χ4v) is 2.89. The molecular weight excluding hydrogens is 316 g/mol. The number of aromatic nitrogens is 3. The van der Waals surface area contributed by atoms with Gasteiger partial charge in [0.05, 0.1) is 22.7 Å². The maximum Gasteiger partial charge on any atom is 0.263 e. The van der Waals surface area contributed by atoms with Crippen molar-refractivity contribution in [3.63, 3.8) is 0 Å². The van der Waals surface area contributed by atoms with Crippen molar-refractivity contribution in [2.45, 2.75) is 6.42 Å². The second-order valence-corrected chi connectivity index (χ2v) is 5.75. The lowest BCUT2D eigenvalue weighted by Crippen LogP contribution is -2.31. The molecule has 3 aromatic rings. The lowest BCUT2D eigenvalue weighted by atomic mass is 10.1. The van der Waals surface area contributed by atoms with Crippen LogP contribution in [0.4, 0.5) is 0 Å². The summed E-state index contributed by atoms with van der Waals surface area (Å²) in [5, 5.41) is 7.82. The number of H-pyrrole nitrogens is 1. The average molecular weight is 327 g/mol. The summed E-state index contributed by atoms with van der Waals surface area (Å²) >= 11 is 5.86. The Morgan fingerprint density at radius 3 is 2.65 bits per heavy atom. The van der Waals surface area contributed by atoms with E-state index >= 15 is 0 Å². The zero-order valence-corrected chi connectivity index (χ0v) is 12.7. The number of amides is 2. The van der Waals surface area contributed by atoms with Crippen molar-refractivity contribution >= 4 is 34.4 Å². The molecule has 7 heteroatoms. The molecule has 0 saturated carbocycles. The van der Waals surface area contributed by atoms with Gasteiger partial charge in [-0.05, 0) is 24.1 Å². The van der Waals surface area contributed by atoms with Gasteiger partial charge in [0.1, 0.15) is 0 Å². The molecule has 4 rings (SSSR count). The molecule has 0 fully saturated rings. The maximum absolute atomic E-state index is 12.6. The lowest BCUT2D eigenvalue weighted by Gasteiger charge is -2.13. The Kier molecular flexibility index (Phi) is 3.12. The van der Waals surface area contributed by atoms with E-state index in [9.17, 15) is 9.59 Å². The minimum absolute atomic E-state index is 0.298. The molecule has 0 unspecified atom stereocenters. The highest BCUT2D eigenvalue weighted by molar-refractivity contribution is 6.30. The molecule has 0 aliphatic carbocycles. The van der Waals surface area contributed by atoms with Crippen LogP contribution in [-0.4, -0.2) is 38.4 Å². The number of rotatable bonds is 3. The van der Waals surface area contributed by atoms with Crippen molar-refractivity contribution in [1.29, 1.82) is 0 Å². The van der Waals surface area contributed by atoms with Gasteiger partial charge in [-0.3, -0.25) is 19.6 Å². The van der Waals surface area contributed by atoms with E-state index in [-0.39, 0.29) is 11.8 Å². The quantitative estimate of drug-likeness (QED) is 0.750. The summed E-state index contributed by atoms with van der Waals surface area (Å²) in [5.41, 5.74) is 2.23. The second-order valence-electron chi connectivity index (χ2n) is 5.32. The number of carbonyl (C=O) groups excluding carboxylic acids is 2. The number of benzene rings is 1. The Balaban J connectivity index is 1.62. The molecule has 114 valence electrons. The van der Waals surface area contributed by atoms with Gasteiger partial charge in [-0.15, -0.1) is 0 Å². The zero-order valence-electron chi connectivity index (χ0n) is 11.9. The van der Waals surface area contributed by atoms with E-state index in [2.05, 4.69) is 15.2 Å². The Bertz CT molecular complexity index is 933. The van der Waals surface area contributed by atoms with Gasteiger partial charge in [-0.2, -0.15) is 5.10 Å². The summed E-state index contributed by atoms with van der Waals surface area (Å²) in [6.07, 6.45) is 3.53. The van der Waals surface area contributed by atoms with Gasteiger partial charge in [-0.1, -0.05) is 23.7 Å². The minimum atomic E-state index is -0.311. The molecule has 1 aliphatic rings. The second kappa shape index (κ2) is 5.17. The van der Waals surface area contributed by atoms with E-state index in [4.69, 9.17) is 11.6 Å². The molecule has 0 radical (unpaired) electrons. The van der Waals surface area contributed by atoms with Crippen LogP contribution in [0.1, 0.15) is 26.3 Å². The number of hydrogen-bond donors (Lipinski definition) is 1. The third-order valence-electron chi connectivity index (χ3n) is 3.95. The fourth-order valence-electron chi connectivity index (χ4n) is 2.76. The van der Waals surface area contributed by atoms with Crippen molar-refractivity contribution in [2.24, 2.45) is 0 Å². The number of nitrogens with zero attached hydrogens (tertiary/aromatic N) is 3. The predicted octanol–water partition coefficient (Wildman–Crippen LogP) is 2.45. The topological polar surface area (TPSA) is 79.0 Å². The van der Waals surface area contributed by atoms with Crippen LogP contribution in [0.25, 0.3) is 11.0 Å². The molecular formula is C16H11ClN4O2. The summed E-state index contributed by atoms with van der Waals surface area (Å²) < 4.78 is 0. The first-order valence-corrected chi connectivity index (χ1v) is 7.45. The molecule has 3 heterocycles. The van der Waals surface area contributed by atoms with Gasteiger partial charge >= 0.3 is 0 Å². The SMILES string of the molecule is O=C1c2cnc3[nH]ncc3c2C(=O)N1CCc1ccc(Cl)cc1. The average Bonchev–Trinajstić information content (AvgIpc) is 3.11. The van der Waals surface area contributed by atoms with Crippen LogP contribution in [0.2, 0.25) is 5.02 Å². The van der Waals surface area contributed by atoms with Crippen molar-refractivity contribution in [2.75, 3.05) is 6.54 Å². The predicted molar refractivity (Wildman–Crippen MR) is 84.4 cm³/mol. The normalized spacial score (nSPS) is 13.9. The maximum atomic E-state index is 12.6. The van der Waals surface area contributed by atoms with Gasteiger partial charge in [0.25, 0.3) is 11.8 Å². The van der Waals surface area contributed by atoms with Crippen LogP contribution in [0.15, 0.2) is 36.7 Å². The molecule has 0 saturated heterocycles. The molecule has 2 amide bonds. The summed E-state index contributed by atoms with van der Waals surface area (Å²) in [5.74, 6) is -0.609. The van der Waals surface area contributed by atoms with Crippen molar-refractivity contribution in [3.05, 3.63) is 58.4 Å². The van der Waals surface area contributed by atoms with Gasteiger partial charge in [0, 0.05) is 17.8 Å². The Hall–Kier alpha value is -2.73. The number of carbonyl (C=O) groups is 2. The Morgan fingerprint density at radius 2 is 1.87 bits per heavy atom. The van der Waals surface area contributed by atoms with Gasteiger partial charge < -0.3 is 0 Å². The number of halogens is 1.